The van der Waals surface area contributed by atoms with E-state index in [4.69, 9.17) is 0 Å². The monoisotopic (exact) mass is 600 g/mol. The first-order valence-electron chi connectivity index (χ1n) is 16.5. The van der Waals surface area contributed by atoms with Crippen molar-refractivity contribution in [2.24, 2.45) is 0 Å². The summed E-state index contributed by atoms with van der Waals surface area (Å²) >= 11 is 0. The van der Waals surface area contributed by atoms with Crippen molar-refractivity contribution in [2.45, 2.75) is 19.3 Å². The fourth-order valence-corrected chi connectivity index (χ4v) is 8.46. The molecule has 2 aromatic heterocycles. The van der Waals surface area contributed by atoms with Crippen LogP contribution in [-0.2, 0) is 5.41 Å². The standard InChI is InChI=1S/C45H32N2/c1-45(2)42-36-26-31(30-22-20-29(21-23-30)28-12-4-3-5-13-28)24-25-34(36)44(37(42)27-39-43(45)35-16-6-9-17-38(35)46-39)47-40-18-10-7-14-32(40)33-15-8-11-19-41(33)47/h3-27,46H,1-2H3. The Labute approximate surface area is 273 Å². The summed E-state index contributed by atoms with van der Waals surface area (Å²) in [6.07, 6.45) is 2.42. The Morgan fingerprint density at radius 3 is 1.77 bits per heavy atom. The van der Waals surface area contributed by atoms with Crippen molar-refractivity contribution in [1.82, 2.24) is 9.55 Å². The van der Waals surface area contributed by atoms with E-state index in [9.17, 15) is 0 Å². The number of hydrogen-bond acceptors (Lipinski definition) is 0. The molecule has 2 heterocycles. The van der Waals surface area contributed by atoms with Crippen LogP contribution in [0.4, 0.5) is 0 Å². The first-order chi connectivity index (χ1) is 23.1. The van der Waals surface area contributed by atoms with Crippen LogP contribution in [0.5, 0.6) is 0 Å². The van der Waals surface area contributed by atoms with E-state index >= 15 is 0 Å². The molecule has 0 amide bonds. The molecule has 222 valence electrons. The molecule has 2 aliphatic carbocycles. The third kappa shape index (κ3) is 3.67. The van der Waals surface area contributed by atoms with Gasteiger partial charge in [-0.2, -0.15) is 0 Å². The lowest BCUT2D eigenvalue weighted by Crippen LogP contribution is -2.31. The lowest BCUT2D eigenvalue weighted by atomic mass is 9.70. The van der Waals surface area contributed by atoms with Gasteiger partial charge in [-0.3, -0.25) is 0 Å². The second kappa shape index (κ2) is 9.57. The zero-order chi connectivity index (χ0) is 31.3. The van der Waals surface area contributed by atoms with Crippen LogP contribution in [0.25, 0.3) is 72.3 Å². The molecular weight excluding hydrogens is 569 g/mol. The number of benzene rings is 6. The van der Waals surface area contributed by atoms with E-state index < -0.39 is 0 Å². The van der Waals surface area contributed by atoms with E-state index in [0.29, 0.717) is 0 Å². The van der Waals surface area contributed by atoms with Crippen molar-refractivity contribution >= 4 is 50.1 Å². The lowest BCUT2D eigenvalue weighted by molar-refractivity contribution is 0.690. The van der Waals surface area contributed by atoms with Crippen molar-refractivity contribution in [3.05, 3.63) is 173 Å². The molecule has 1 N–H and O–H groups in total. The maximum Gasteiger partial charge on any atom is 0.0617 e. The second-order valence-electron chi connectivity index (χ2n) is 13.4. The van der Waals surface area contributed by atoms with Gasteiger partial charge in [0.25, 0.3) is 0 Å². The highest BCUT2D eigenvalue weighted by Crippen LogP contribution is 2.50. The second-order valence-corrected chi connectivity index (χ2v) is 13.4. The summed E-state index contributed by atoms with van der Waals surface area (Å²) in [5, 5.41) is 6.46. The van der Waals surface area contributed by atoms with Crippen LogP contribution in [-0.4, -0.2) is 9.55 Å². The van der Waals surface area contributed by atoms with Crippen molar-refractivity contribution < 1.29 is 0 Å². The number of fused-ring (bicyclic) bond motifs is 8. The van der Waals surface area contributed by atoms with Gasteiger partial charge in [0, 0.05) is 43.6 Å². The van der Waals surface area contributed by atoms with Crippen LogP contribution >= 0.6 is 0 Å². The molecular formula is C45H32N2. The van der Waals surface area contributed by atoms with Crippen molar-refractivity contribution in [3.8, 4) is 22.3 Å². The largest absolute Gasteiger partial charge is 0.355 e. The van der Waals surface area contributed by atoms with E-state index in [1.807, 2.05) is 0 Å². The molecule has 2 nitrogen and oxygen atoms in total. The third-order valence-electron chi connectivity index (χ3n) is 10.5. The van der Waals surface area contributed by atoms with E-state index in [1.165, 1.54) is 93.5 Å². The Kier molecular flexibility index (Phi) is 5.37. The number of aromatic amines is 1. The molecule has 47 heavy (non-hydrogen) atoms. The minimum absolute atomic E-state index is 0.232. The third-order valence-corrected chi connectivity index (χ3v) is 10.5. The van der Waals surface area contributed by atoms with E-state index in [2.05, 4.69) is 175 Å². The molecule has 2 aliphatic rings. The van der Waals surface area contributed by atoms with Gasteiger partial charge in [0.1, 0.15) is 0 Å². The Morgan fingerprint density at radius 1 is 0.511 bits per heavy atom. The SMILES string of the molecule is CC1(C)C2=c3cc(-c4ccc(-c5ccccc5)cc4)ccc3=C(n3c4ccccc4c4ccccc43)C2=Cc2[nH]c3ccccc3c21. The molecule has 10 rings (SSSR count). The smallest absolute Gasteiger partial charge is 0.0617 e. The highest BCUT2D eigenvalue weighted by Gasteiger charge is 2.41. The minimum Gasteiger partial charge on any atom is -0.355 e. The molecule has 0 unspecified atom stereocenters. The summed E-state index contributed by atoms with van der Waals surface area (Å²) in [6, 6.07) is 53.2. The van der Waals surface area contributed by atoms with E-state index in [-0.39, 0.29) is 5.41 Å². The predicted octanol–water partition coefficient (Wildman–Crippen LogP) is 9.81. The van der Waals surface area contributed by atoms with Gasteiger partial charge in [-0.05, 0) is 69.0 Å². The number of aromatic nitrogens is 2. The van der Waals surface area contributed by atoms with Crippen LogP contribution < -0.4 is 10.4 Å². The molecule has 0 fully saturated rings. The van der Waals surface area contributed by atoms with Gasteiger partial charge in [-0.25, -0.2) is 0 Å². The molecule has 6 aromatic carbocycles. The van der Waals surface area contributed by atoms with Crippen molar-refractivity contribution in [3.63, 3.8) is 0 Å². The summed E-state index contributed by atoms with van der Waals surface area (Å²) in [5.41, 5.74) is 14.9. The zero-order valence-corrected chi connectivity index (χ0v) is 26.4. The van der Waals surface area contributed by atoms with Gasteiger partial charge < -0.3 is 9.55 Å². The van der Waals surface area contributed by atoms with Crippen molar-refractivity contribution in [2.75, 3.05) is 0 Å². The molecule has 0 spiro atoms. The van der Waals surface area contributed by atoms with Crippen molar-refractivity contribution in [1.29, 1.82) is 0 Å². The highest BCUT2D eigenvalue weighted by atomic mass is 15.0. The lowest BCUT2D eigenvalue weighted by Gasteiger charge is -2.34. The summed E-state index contributed by atoms with van der Waals surface area (Å²) in [4.78, 5) is 3.79. The van der Waals surface area contributed by atoms with E-state index in [1.54, 1.807) is 0 Å². The molecule has 2 heteroatoms. The Morgan fingerprint density at radius 2 is 1.06 bits per heavy atom. The summed E-state index contributed by atoms with van der Waals surface area (Å²) in [6.45, 7) is 4.82. The fourth-order valence-electron chi connectivity index (χ4n) is 8.46. The van der Waals surface area contributed by atoms with Crippen LogP contribution in [0.3, 0.4) is 0 Å². The molecule has 0 aliphatic heterocycles. The topological polar surface area (TPSA) is 20.7 Å². The highest BCUT2D eigenvalue weighted by molar-refractivity contribution is 6.14. The quantitative estimate of drug-likeness (QED) is 0.208. The Bertz CT molecular complexity index is 2680. The first-order valence-corrected chi connectivity index (χ1v) is 16.5. The Balaban J connectivity index is 1.29. The normalized spacial score (nSPS) is 14.8. The van der Waals surface area contributed by atoms with Gasteiger partial charge in [0.15, 0.2) is 0 Å². The van der Waals surface area contributed by atoms with Crippen LogP contribution in [0.1, 0.15) is 25.1 Å². The average molecular weight is 601 g/mol. The van der Waals surface area contributed by atoms with Gasteiger partial charge >= 0.3 is 0 Å². The van der Waals surface area contributed by atoms with E-state index in [0.717, 1.165) is 0 Å². The zero-order valence-electron chi connectivity index (χ0n) is 26.4. The molecule has 0 atom stereocenters. The number of nitrogens with one attached hydrogen (secondary N) is 1. The molecule has 0 bridgehead atoms. The average Bonchev–Trinajstić information content (AvgIpc) is 3.76. The number of H-pyrrole nitrogens is 1. The molecule has 0 radical (unpaired) electrons. The predicted molar refractivity (Wildman–Crippen MR) is 198 cm³/mol. The Hall–Kier alpha value is -5.86. The molecule has 0 saturated heterocycles. The van der Waals surface area contributed by atoms with Gasteiger partial charge in [0.2, 0.25) is 0 Å². The number of allylic oxidation sites excluding steroid dienone is 1. The maximum atomic E-state index is 3.79. The minimum atomic E-state index is -0.232. The van der Waals surface area contributed by atoms with Gasteiger partial charge in [0.05, 0.1) is 16.7 Å². The van der Waals surface area contributed by atoms with Crippen LogP contribution in [0.15, 0.2) is 151 Å². The first kappa shape index (κ1) is 26.4. The number of para-hydroxylation sites is 3. The maximum absolute atomic E-state index is 3.79. The fraction of sp³-hybridized carbons (Fsp3) is 0.0667. The number of rotatable bonds is 3. The van der Waals surface area contributed by atoms with Crippen LogP contribution in [0, 0.1) is 0 Å². The van der Waals surface area contributed by atoms with Gasteiger partial charge in [-0.15, -0.1) is 0 Å². The summed E-state index contributed by atoms with van der Waals surface area (Å²) in [5.74, 6) is 0. The summed E-state index contributed by atoms with van der Waals surface area (Å²) < 4.78 is 2.51. The van der Waals surface area contributed by atoms with Gasteiger partial charge in [-0.1, -0.05) is 135 Å². The van der Waals surface area contributed by atoms with Crippen LogP contribution in [0.2, 0.25) is 0 Å². The number of nitrogens with zero attached hydrogens (tertiary/aromatic N) is 1. The molecule has 8 aromatic rings. The summed E-state index contributed by atoms with van der Waals surface area (Å²) in [7, 11) is 0. The molecule has 0 saturated carbocycles. The number of hydrogen-bond donors (Lipinski definition) is 1.